The molecule has 0 saturated carbocycles. The second-order valence-electron chi connectivity index (χ2n) is 5.95. The van der Waals surface area contributed by atoms with Crippen LogP contribution in [0.4, 0.5) is 9.52 Å². The predicted octanol–water partition coefficient (Wildman–Crippen LogP) is 2.99. The van der Waals surface area contributed by atoms with Gasteiger partial charge in [-0.1, -0.05) is 18.2 Å². The highest BCUT2D eigenvalue weighted by atomic mass is 35.5. The van der Waals surface area contributed by atoms with Crippen molar-refractivity contribution in [3.8, 4) is 0 Å². The average Bonchev–Trinajstić information content (AvgIpc) is 3.04. The van der Waals surface area contributed by atoms with E-state index in [4.69, 9.17) is 10.5 Å². The standard InChI is InChI=1S/C17H20FN3O2S.ClH/c18-14-4-2-1-3-12(14)9-13-10-20-16(24-13)21-15(22)17(11-19)5-7-23-8-6-17;/h1-4,10H,5-9,11,19H2,(H,20,21,22);1H. The summed E-state index contributed by atoms with van der Waals surface area (Å²) in [4.78, 5) is 17.7. The van der Waals surface area contributed by atoms with Crippen LogP contribution in [0.15, 0.2) is 30.5 Å². The van der Waals surface area contributed by atoms with E-state index >= 15 is 0 Å². The molecule has 5 nitrogen and oxygen atoms in total. The number of carbonyl (C=O) groups is 1. The third-order valence-corrected chi connectivity index (χ3v) is 5.33. The van der Waals surface area contributed by atoms with Crippen LogP contribution >= 0.6 is 23.7 Å². The van der Waals surface area contributed by atoms with Gasteiger partial charge < -0.3 is 15.8 Å². The molecule has 0 bridgehead atoms. The van der Waals surface area contributed by atoms with Crippen molar-refractivity contribution < 1.29 is 13.9 Å². The summed E-state index contributed by atoms with van der Waals surface area (Å²) in [6.45, 7) is 1.37. The minimum Gasteiger partial charge on any atom is -0.381 e. The van der Waals surface area contributed by atoms with E-state index in [1.165, 1.54) is 17.4 Å². The zero-order valence-corrected chi connectivity index (χ0v) is 15.3. The summed E-state index contributed by atoms with van der Waals surface area (Å²) in [6.07, 6.45) is 3.35. The van der Waals surface area contributed by atoms with E-state index in [1.54, 1.807) is 24.4 Å². The van der Waals surface area contributed by atoms with Gasteiger partial charge in [0.2, 0.25) is 5.91 Å². The van der Waals surface area contributed by atoms with Gasteiger partial charge in [-0.2, -0.15) is 0 Å². The first kappa shape index (κ1) is 19.8. The van der Waals surface area contributed by atoms with Gasteiger partial charge in [0.05, 0.1) is 5.41 Å². The van der Waals surface area contributed by atoms with E-state index < -0.39 is 5.41 Å². The van der Waals surface area contributed by atoms with Crippen LogP contribution < -0.4 is 11.1 Å². The minimum atomic E-state index is -0.588. The molecule has 1 amide bonds. The molecular formula is C17H21ClFN3O2S. The number of carbonyl (C=O) groups excluding carboxylic acids is 1. The van der Waals surface area contributed by atoms with Crippen molar-refractivity contribution in [1.82, 2.24) is 4.98 Å². The molecule has 25 heavy (non-hydrogen) atoms. The van der Waals surface area contributed by atoms with Gasteiger partial charge in [0.1, 0.15) is 5.82 Å². The summed E-state index contributed by atoms with van der Waals surface area (Å²) in [5.41, 5.74) is 5.87. The molecule has 1 aromatic heterocycles. The van der Waals surface area contributed by atoms with Gasteiger partial charge in [-0.25, -0.2) is 9.37 Å². The molecule has 3 rings (SSSR count). The Morgan fingerprint density at radius 3 is 2.76 bits per heavy atom. The highest BCUT2D eigenvalue weighted by molar-refractivity contribution is 7.15. The molecule has 0 radical (unpaired) electrons. The Labute approximate surface area is 156 Å². The Morgan fingerprint density at radius 1 is 1.36 bits per heavy atom. The number of benzene rings is 1. The highest BCUT2D eigenvalue weighted by Crippen LogP contribution is 2.32. The number of halogens is 2. The molecule has 2 heterocycles. The Bertz CT molecular complexity index is 719. The SMILES string of the molecule is Cl.NCC1(C(=O)Nc2ncc(Cc3ccccc3F)s2)CCOCC1. The van der Waals surface area contributed by atoms with E-state index in [-0.39, 0.29) is 30.7 Å². The van der Waals surface area contributed by atoms with Crippen molar-refractivity contribution in [2.75, 3.05) is 25.1 Å². The number of thiazole rings is 1. The molecule has 0 unspecified atom stereocenters. The summed E-state index contributed by atoms with van der Waals surface area (Å²) < 4.78 is 19.0. The fraction of sp³-hybridized carbons (Fsp3) is 0.412. The summed E-state index contributed by atoms with van der Waals surface area (Å²) >= 11 is 1.36. The van der Waals surface area contributed by atoms with Gasteiger partial charge in [-0.3, -0.25) is 4.79 Å². The van der Waals surface area contributed by atoms with E-state index in [2.05, 4.69) is 10.3 Å². The van der Waals surface area contributed by atoms with Crippen molar-refractivity contribution in [2.45, 2.75) is 19.3 Å². The molecule has 1 fully saturated rings. The normalized spacial score (nSPS) is 16.1. The lowest BCUT2D eigenvalue weighted by Crippen LogP contribution is -2.46. The van der Waals surface area contributed by atoms with E-state index in [1.807, 2.05) is 0 Å². The molecule has 3 N–H and O–H groups in total. The largest absolute Gasteiger partial charge is 0.381 e. The van der Waals surface area contributed by atoms with Gasteiger partial charge in [-0.15, -0.1) is 23.7 Å². The Balaban J connectivity index is 0.00000225. The number of aromatic nitrogens is 1. The van der Waals surface area contributed by atoms with E-state index in [0.29, 0.717) is 43.2 Å². The predicted molar refractivity (Wildman–Crippen MR) is 98.7 cm³/mol. The average molecular weight is 386 g/mol. The lowest BCUT2D eigenvalue weighted by Gasteiger charge is -2.34. The first-order chi connectivity index (χ1) is 11.6. The van der Waals surface area contributed by atoms with Gasteiger partial charge in [-0.05, 0) is 24.5 Å². The van der Waals surface area contributed by atoms with Crippen LogP contribution in [-0.2, 0) is 16.0 Å². The number of anilines is 1. The maximum absolute atomic E-state index is 13.7. The van der Waals surface area contributed by atoms with Crippen molar-refractivity contribution in [3.05, 3.63) is 46.7 Å². The number of nitrogens with two attached hydrogens (primary N) is 1. The van der Waals surface area contributed by atoms with Gasteiger partial charge >= 0.3 is 0 Å². The van der Waals surface area contributed by atoms with Crippen molar-refractivity contribution in [3.63, 3.8) is 0 Å². The molecule has 2 aromatic rings. The maximum atomic E-state index is 13.7. The summed E-state index contributed by atoms with van der Waals surface area (Å²) in [5, 5.41) is 3.38. The zero-order valence-electron chi connectivity index (χ0n) is 13.7. The molecule has 0 spiro atoms. The molecule has 0 atom stereocenters. The van der Waals surface area contributed by atoms with Crippen LogP contribution in [0.2, 0.25) is 0 Å². The third-order valence-electron chi connectivity index (χ3n) is 4.42. The van der Waals surface area contributed by atoms with Gasteiger partial charge in [0.15, 0.2) is 5.13 Å². The number of hydrogen-bond acceptors (Lipinski definition) is 5. The van der Waals surface area contributed by atoms with Crippen LogP contribution in [0.5, 0.6) is 0 Å². The molecule has 1 aliphatic heterocycles. The minimum absolute atomic E-state index is 0. The van der Waals surface area contributed by atoms with Crippen LogP contribution in [0.3, 0.4) is 0 Å². The van der Waals surface area contributed by atoms with Crippen LogP contribution in [0.25, 0.3) is 0 Å². The number of amides is 1. The molecule has 1 saturated heterocycles. The first-order valence-corrected chi connectivity index (χ1v) is 8.72. The third kappa shape index (κ3) is 4.55. The summed E-state index contributed by atoms with van der Waals surface area (Å²) in [7, 11) is 0. The summed E-state index contributed by atoms with van der Waals surface area (Å²) in [5.74, 6) is -0.346. The highest BCUT2D eigenvalue weighted by Gasteiger charge is 2.39. The Morgan fingerprint density at radius 2 is 2.08 bits per heavy atom. The maximum Gasteiger partial charge on any atom is 0.233 e. The number of rotatable bonds is 5. The molecular weight excluding hydrogens is 365 g/mol. The van der Waals surface area contributed by atoms with Crippen LogP contribution in [-0.4, -0.2) is 30.6 Å². The first-order valence-electron chi connectivity index (χ1n) is 7.90. The topological polar surface area (TPSA) is 77.2 Å². The van der Waals surface area contributed by atoms with Gasteiger partial charge in [0.25, 0.3) is 0 Å². The number of nitrogens with zero attached hydrogens (tertiary/aromatic N) is 1. The second-order valence-corrected chi connectivity index (χ2v) is 7.07. The van der Waals surface area contributed by atoms with Crippen molar-refractivity contribution >= 4 is 34.8 Å². The zero-order chi connectivity index (χ0) is 17.0. The second kappa shape index (κ2) is 8.71. The van der Waals surface area contributed by atoms with E-state index in [9.17, 15) is 9.18 Å². The Kier molecular flexibility index (Phi) is 6.89. The lowest BCUT2D eigenvalue weighted by molar-refractivity contribution is -0.130. The molecule has 0 aliphatic carbocycles. The molecule has 1 aliphatic rings. The molecule has 136 valence electrons. The van der Waals surface area contributed by atoms with Gasteiger partial charge in [0, 0.05) is 37.3 Å². The van der Waals surface area contributed by atoms with Crippen LogP contribution in [0, 0.1) is 11.2 Å². The number of ether oxygens (including phenoxy) is 1. The monoisotopic (exact) mass is 385 g/mol. The molecule has 1 aromatic carbocycles. The smallest absolute Gasteiger partial charge is 0.233 e. The lowest BCUT2D eigenvalue weighted by atomic mass is 9.79. The van der Waals surface area contributed by atoms with Crippen LogP contribution in [0.1, 0.15) is 23.3 Å². The van der Waals surface area contributed by atoms with Crippen molar-refractivity contribution in [1.29, 1.82) is 0 Å². The number of nitrogens with one attached hydrogen (secondary N) is 1. The molecule has 8 heteroatoms. The quantitative estimate of drug-likeness (QED) is 0.829. The number of hydrogen-bond donors (Lipinski definition) is 2. The summed E-state index contributed by atoms with van der Waals surface area (Å²) in [6, 6.07) is 6.66. The van der Waals surface area contributed by atoms with E-state index in [0.717, 1.165) is 4.88 Å². The Hall–Kier alpha value is -1.54. The fourth-order valence-corrected chi connectivity index (χ4v) is 3.62. The fourth-order valence-electron chi connectivity index (χ4n) is 2.79. The van der Waals surface area contributed by atoms with Crippen molar-refractivity contribution in [2.24, 2.45) is 11.1 Å².